The fourth-order valence-corrected chi connectivity index (χ4v) is 2.16. The first-order valence-electron chi connectivity index (χ1n) is 6.57. The van der Waals surface area contributed by atoms with E-state index in [9.17, 15) is 19.7 Å². The number of hydrogen-bond acceptors (Lipinski definition) is 6. The van der Waals surface area contributed by atoms with Crippen LogP contribution in [-0.2, 0) is 13.1 Å². The Hall–Kier alpha value is -3.36. The lowest BCUT2D eigenvalue weighted by molar-refractivity contribution is -0.387. The van der Waals surface area contributed by atoms with Gasteiger partial charge in [-0.25, -0.2) is 9.36 Å². The Morgan fingerprint density at radius 2 is 1.65 bits per heavy atom. The Labute approximate surface area is 128 Å². The lowest BCUT2D eigenvalue weighted by atomic mass is 10.3. The molecule has 0 atom stereocenters. The van der Waals surface area contributed by atoms with Crippen LogP contribution in [-0.4, -0.2) is 14.1 Å². The van der Waals surface area contributed by atoms with E-state index in [0.29, 0.717) is 11.1 Å². The van der Waals surface area contributed by atoms with Gasteiger partial charge in [0.15, 0.2) is 0 Å². The second kappa shape index (κ2) is 5.79. The van der Waals surface area contributed by atoms with E-state index in [1.165, 1.54) is 25.1 Å². The topological polar surface area (TPSA) is 113 Å². The summed E-state index contributed by atoms with van der Waals surface area (Å²) in [7, 11) is 0. The number of aromatic nitrogens is 2. The molecular formula is C14H11N3O6. The van der Waals surface area contributed by atoms with Gasteiger partial charge in [0.1, 0.15) is 0 Å². The monoisotopic (exact) mass is 317 g/mol. The molecule has 0 aromatic carbocycles. The highest BCUT2D eigenvalue weighted by Gasteiger charge is 2.20. The Morgan fingerprint density at radius 3 is 2.17 bits per heavy atom. The summed E-state index contributed by atoms with van der Waals surface area (Å²) in [6.45, 7) is -0.0525. The number of nitro groups is 1. The van der Waals surface area contributed by atoms with Crippen molar-refractivity contribution in [1.82, 2.24) is 9.13 Å². The fraction of sp³-hybridized carbons (Fsp3) is 0.143. The maximum Gasteiger partial charge on any atom is 0.350 e. The summed E-state index contributed by atoms with van der Waals surface area (Å²) in [5.41, 5.74) is -1.07. The summed E-state index contributed by atoms with van der Waals surface area (Å²) < 4.78 is 11.7. The van der Waals surface area contributed by atoms with E-state index in [-0.39, 0.29) is 13.1 Å². The molecule has 0 spiro atoms. The smallest absolute Gasteiger partial charge is 0.350 e. The van der Waals surface area contributed by atoms with Gasteiger partial charge in [0.2, 0.25) is 0 Å². The number of rotatable bonds is 5. The van der Waals surface area contributed by atoms with Crippen LogP contribution >= 0.6 is 0 Å². The van der Waals surface area contributed by atoms with Gasteiger partial charge in [-0.15, -0.1) is 0 Å². The van der Waals surface area contributed by atoms with E-state index in [2.05, 4.69) is 0 Å². The Balaban J connectivity index is 2.13. The summed E-state index contributed by atoms with van der Waals surface area (Å²) in [4.78, 5) is 34.9. The molecule has 23 heavy (non-hydrogen) atoms. The van der Waals surface area contributed by atoms with Crippen molar-refractivity contribution in [3.63, 3.8) is 0 Å². The van der Waals surface area contributed by atoms with Gasteiger partial charge in [0.25, 0.3) is 0 Å². The first-order chi connectivity index (χ1) is 11.1. The second-order valence-corrected chi connectivity index (χ2v) is 4.84. The zero-order valence-electron chi connectivity index (χ0n) is 11.7. The average Bonchev–Trinajstić information content (AvgIpc) is 3.19. The van der Waals surface area contributed by atoms with Crippen LogP contribution in [0.1, 0.15) is 11.1 Å². The van der Waals surface area contributed by atoms with Crippen LogP contribution in [0.3, 0.4) is 0 Å². The molecule has 0 N–H and O–H groups in total. The molecule has 3 aromatic heterocycles. The van der Waals surface area contributed by atoms with Crippen molar-refractivity contribution in [2.45, 2.75) is 13.1 Å². The van der Waals surface area contributed by atoms with E-state index >= 15 is 0 Å². The SMILES string of the molecule is O=c1c([N+](=O)[O-])cn(Cc2ccoc2)c(=O)n1Cc1ccoc1. The predicted molar refractivity (Wildman–Crippen MR) is 77.2 cm³/mol. The van der Waals surface area contributed by atoms with Crippen LogP contribution in [0.2, 0.25) is 0 Å². The molecule has 0 fully saturated rings. The van der Waals surface area contributed by atoms with Gasteiger partial charge in [-0.1, -0.05) is 0 Å². The standard InChI is InChI=1S/C14H11N3O6/c18-13-12(17(20)21)7-15(5-10-1-3-22-8-10)14(19)16(13)6-11-2-4-23-9-11/h1-4,7-9H,5-6H2. The van der Waals surface area contributed by atoms with E-state index in [0.717, 1.165) is 15.3 Å². The van der Waals surface area contributed by atoms with Crippen LogP contribution in [0.5, 0.6) is 0 Å². The van der Waals surface area contributed by atoms with Crippen LogP contribution in [0.15, 0.2) is 61.8 Å². The highest BCUT2D eigenvalue weighted by atomic mass is 16.6. The van der Waals surface area contributed by atoms with Crippen molar-refractivity contribution in [3.05, 3.63) is 85.5 Å². The summed E-state index contributed by atoms with van der Waals surface area (Å²) in [5.74, 6) is 0. The first kappa shape index (κ1) is 14.6. The fourth-order valence-electron chi connectivity index (χ4n) is 2.16. The zero-order chi connectivity index (χ0) is 16.4. The van der Waals surface area contributed by atoms with Gasteiger partial charge in [0.05, 0.1) is 49.3 Å². The van der Waals surface area contributed by atoms with Gasteiger partial charge in [-0.3, -0.25) is 19.5 Å². The molecule has 9 nitrogen and oxygen atoms in total. The normalized spacial score (nSPS) is 10.8. The number of nitrogens with zero attached hydrogens (tertiary/aromatic N) is 3. The van der Waals surface area contributed by atoms with Crippen molar-refractivity contribution in [1.29, 1.82) is 0 Å². The molecule has 3 heterocycles. The number of furan rings is 2. The highest BCUT2D eigenvalue weighted by molar-refractivity contribution is 5.23. The highest BCUT2D eigenvalue weighted by Crippen LogP contribution is 2.07. The molecule has 0 radical (unpaired) electrons. The van der Waals surface area contributed by atoms with Crippen LogP contribution in [0.25, 0.3) is 0 Å². The lowest BCUT2D eigenvalue weighted by Gasteiger charge is -2.08. The minimum atomic E-state index is -0.954. The molecule has 0 aliphatic carbocycles. The van der Waals surface area contributed by atoms with E-state index in [1.54, 1.807) is 12.1 Å². The molecule has 0 saturated carbocycles. The van der Waals surface area contributed by atoms with Gasteiger partial charge < -0.3 is 8.83 Å². The van der Waals surface area contributed by atoms with E-state index in [1.807, 2.05) is 0 Å². The third-order valence-electron chi connectivity index (χ3n) is 3.27. The average molecular weight is 317 g/mol. The Morgan fingerprint density at radius 1 is 1.04 bits per heavy atom. The number of hydrogen-bond donors (Lipinski definition) is 0. The first-order valence-corrected chi connectivity index (χ1v) is 6.57. The minimum Gasteiger partial charge on any atom is -0.472 e. The summed E-state index contributed by atoms with van der Waals surface area (Å²) in [5, 5.41) is 11.1. The molecule has 3 rings (SSSR count). The molecule has 0 amide bonds. The summed E-state index contributed by atoms with van der Waals surface area (Å²) >= 11 is 0. The Kier molecular flexibility index (Phi) is 3.67. The molecule has 0 saturated heterocycles. The summed E-state index contributed by atoms with van der Waals surface area (Å²) in [6.07, 6.45) is 6.55. The zero-order valence-corrected chi connectivity index (χ0v) is 11.7. The molecule has 0 aliphatic heterocycles. The van der Waals surface area contributed by atoms with Gasteiger partial charge in [-0.2, -0.15) is 0 Å². The molecule has 3 aromatic rings. The maximum atomic E-state index is 12.5. The van der Waals surface area contributed by atoms with E-state index < -0.39 is 21.9 Å². The second-order valence-electron chi connectivity index (χ2n) is 4.84. The summed E-state index contributed by atoms with van der Waals surface area (Å²) in [6, 6.07) is 3.20. The molecule has 0 aliphatic rings. The molecule has 0 unspecified atom stereocenters. The Bertz CT molecular complexity index is 934. The third-order valence-corrected chi connectivity index (χ3v) is 3.27. The maximum absolute atomic E-state index is 12.5. The van der Waals surface area contributed by atoms with Crippen molar-refractivity contribution < 1.29 is 13.8 Å². The largest absolute Gasteiger partial charge is 0.472 e. The molecule has 9 heteroatoms. The van der Waals surface area contributed by atoms with Crippen molar-refractivity contribution in [2.24, 2.45) is 0 Å². The van der Waals surface area contributed by atoms with Crippen LogP contribution < -0.4 is 11.2 Å². The van der Waals surface area contributed by atoms with Crippen LogP contribution in [0.4, 0.5) is 5.69 Å². The quantitative estimate of drug-likeness (QED) is 0.516. The van der Waals surface area contributed by atoms with Gasteiger partial charge in [0, 0.05) is 11.1 Å². The van der Waals surface area contributed by atoms with Crippen molar-refractivity contribution in [3.8, 4) is 0 Å². The van der Waals surface area contributed by atoms with Crippen LogP contribution in [0, 0.1) is 10.1 Å². The molecular weight excluding hydrogens is 306 g/mol. The predicted octanol–water partition coefficient (Wildman–Crippen LogP) is 1.20. The molecule has 0 bridgehead atoms. The minimum absolute atomic E-state index is 0.0574. The van der Waals surface area contributed by atoms with Crippen molar-refractivity contribution in [2.75, 3.05) is 0 Å². The van der Waals surface area contributed by atoms with Gasteiger partial charge >= 0.3 is 16.9 Å². The van der Waals surface area contributed by atoms with Crippen molar-refractivity contribution >= 4 is 5.69 Å². The lowest BCUT2D eigenvalue weighted by Crippen LogP contribution is -2.40. The molecule has 118 valence electrons. The van der Waals surface area contributed by atoms with E-state index in [4.69, 9.17) is 8.83 Å². The third kappa shape index (κ3) is 2.84. The van der Waals surface area contributed by atoms with Gasteiger partial charge in [-0.05, 0) is 12.1 Å².